The van der Waals surface area contributed by atoms with Crippen molar-refractivity contribution in [3.8, 4) is 0 Å². The van der Waals surface area contributed by atoms with Crippen molar-refractivity contribution in [2.24, 2.45) is 0 Å². The molecule has 1 rings (SSSR count). The van der Waals surface area contributed by atoms with Crippen molar-refractivity contribution >= 4 is 48.9 Å². The van der Waals surface area contributed by atoms with E-state index in [2.05, 4.69) is 0 Å². The Balaban J connectivity index is -0.0000000833. The Bertz CT molecular complexity index is 25.6. The summed E-state index contributed by atoms with van der Waals surface area (Å²) in [7, 11) is 0. The maximum absolute atomic E-state index is 4.94. The fraction of sp³-hybridized carbons (Fsp3) is 1.00. The van der Waals surface area contributed by atoms with Crippen molar-refractivity contribution in [1.29, 1.82) is 0 Å². The maximum Gasteiger partial charge on any atom is 2.00 e. The van der Waals surface area contributed by atoms with Crippen molar-refractivity contribution in [3.05, 3.63) is 0 Å². The standard InChI is InChI=1S/C4H8O.Ba.2H/c1-2-4-5-3-1;;;/h1-4H2;;;/q;+2;2*-1. The minimum Gasteiger partial charge on any atom is -1.00 e. The zero-order chi connectivity index (χ0) is 3.54. The Hall–Kier alpha value is 1.53. The summed E-state index contributed by atoms with van der Waals surface area (Å²) in [4.78, 5) is 0. The predicted octanol–water partition coefficient (Wildman–Crippen LogP) is 0.641. The summed E-state index contributed by atoms with van der Waals surface area (Å²) in [5, 5.41) is 0. The van der Waals surface area contributed by atoms with Crippen molar-refractivity contribution in [1.82, 2.24) is 0 Å². The summed E-state index contributed by atoms with van der Waals surface area (Å²) in [5.74, 6) is 0. The molecule has 0 saturated carbocycles. The summed E-state index contributed by atoms with van der Waals surface area (Å²) in [6.45, 7) is 2.00. The molecule has 1 saturated heterocycles. The van der Waals surface area contributed by atoms with E-state index in [9.17, 15) is 0 Å². The molecule has 34 valence electrons. The van der Waals surface area contributed by atoms with Crippen LogP contribution in [0.15, 0.2) is 0 Å². The molecule has 0 aromatic rings. The summed E-state index contributed by atoms with van der Waals surface area (Å²) in [6.07, 6.45) is 2.56. The molecule has 6 heavy (non-hydrogen) atoms. The van der Waals surface area contributed by atoms with Crippen molar-refractivity contribution in [3.63, 3.8) is 0 Å². The van der Waals surface area contributed by atoms with Crippen LogP contribution in [0.3, 0.4) is 0 Å². The normalized spacial score (nSPS) is 20.0. The predicted molar refractivity (Wildman–Crippen MR) is 28.0 cm³/mol. The second kappa shape index (κ2) is 4.68. The van der Waals surface area contributed by atoms with Crippen molar-refractivity contribution < 1.29 is 7.59 Å². The Morgan fingerprint density at radius 1 is 1.17 bits per heavy atom. The van der Waals surface area contributed by atoms with E-state index in [1.54, 1.807) is 0 Å². The molecule has 0 bridgehead atoms. The molecule has 1 heterocycles. The van der Waals surface area contributed by atoms with Gasteiger partial charge in [-0.05, 0) is 12.8 Å². The van der Waals surface area contributed by atoms with Gasteiger partial charge in [-0.25, -0.2) is 0 Å². The van der Waals surface area contributed by atoms with Gasteiger partial charge in [0.25, 0.3) is 0 Å². The van der Waals surface area contributed by atoms with Crippen LogP contribution in [0, 0.1) is 0 Å². The van der Waals surface area contributed by atoms with E-state index in [-0.39, 0.29) is 51.7 Å². The van der Waals surface area contributed by atoms with Gasteiger partial charge in [0.2, 0.25) is 0 Å². The molecule has 1 fully saturated rings. The molecule has 1 aliphatic rings. The van der Waals surface area contributed by atoms with Crippen LogP contribution in [0.1, 0.15) is 15.7 Å². The second-order valence-corrected chi connectivity index (χ2v) is 1.32. The first-order valence-electron chi connectivity index (χ1n) is 2.08. The number of hydrogen-bond donors (Lipinski definition) is 0. The smallest absolute Gasteiger partial charge is 1.00 e. The quantitative estimate of drug-likeness (QED) is 0.535. The van der Waals surface area contributed by atoms with Gasteiger partial charge >= 0.3 is 48.9 Å². The van der Waals surface area contributed by atoms with Gasteiger partial charge in [0.05, 0.1) is 0 Å². The zero-order valence-electron chi connectivity index (χ0n) is 5.94. The number of rotatable bonds is 0. The topological polar surface area (TPSA) is 9.23 Å². The monoisotopic (exact) mass is 212 g/mol. The molecule has 0 aromatic heterocycles. The Morgan fingerprint density at radius 2 is 1.67 bits per heavy atom. The fourth-order valence-electron chi connectivity index (χ4n) is 0.510. The molecule has 0 aromatic carbocycles. The molecule has 2 heteroatoms. The van der Waals surface area contributed by atoms with Crippen LogP contribution in [0.25, 0.3) is 0 Å². The van der Waals surface area contributed by atoms with Gasteiger partial charge in [-0.15, -0.1) is 0 Å². The molecule has 0 N–H and O–H groups in total. The SMILES string of the molecule is C1CCOC1.[Ba+2].[H-].[H-]. The van der Waals surface area contributed by atoms with Crippen LogP contribution in [0.4, 0.5) is 0 Å². The summed E-state index contributed by atoms with van der Waals surface area (Å²) < 4.78 is 4.94. The zero-order valence-corrected chi connectivity index (χ0v) is 8.38. The van der Waals surface area contributed by atoms with Crippen LogP contribution in [-0.4, -0.2) is 62.1 Å². The van der Waals surface area contributed by atoms with Crippen molar-refractivity contribution in [2.75, 3.05) is 13.2 Å². The Kier molecular flexibility index (Phi) is 5.88. The van der Waals surface area contributed by atoms with Crippen LogP contribution in [0.5, 0.6) is 0 Å². The van der Waals surface area contributed by atoms with Gasteiger partial charge in [-0.3, -0.25) is 0 Å². The third kappa shape index (κ3) is 2.66. The van der Waals surface area contributed by atoms with Gasteiger partial charge < -0.3 is 7.59 Å². The third-order valence-electron chi connectivity index (χ3n) is 0.827. The van der Waals surface area contributed by atoms with Gasteiger partial charge in [-0.1, -0.05) is 0 Å². The average Bonchev–Trinajstić information content (AvgIpc) is 1.76. The second-order valence-electron chi connectivity index (χ2n) is 1.32. The van der Waals surface area contributed by atoms with E-state index in [1.165, 1.54) is 12.8 Å². The van der Waals surface area contributed by atoms with E-state index in [1.807, 2.05) is 0 Å². The van der Waals surface area contributed by atoms with E-state index in [0.29, 0.717) is 0 Å². The Morgan fingerprint density at radius 3 is 1.83 bits per heavy atom. The molecule has 0 amide bonds. The minimum absolute atomic E-state index is 0. The molecule has 0 aliphatic carbocycles. The molecule has 1 aliphatic heterocycles. The van der Waals surface area contributed by atoms with E-state index >= 15 is 0 Å². The molecule has 1 nitrogen and oxygen atoms in total. The van der Waals surface area contributed by atoms with Gasteiger partial charge in [0.15, 0.2) is 0 Å². The minimum atomic E-state index is 0. The largest absolute Gasteiger partial charge is 2.00 e. The number of ether oxygens (including phenoxy) is 1. The molecular weight excluding hydrogens is 201 g/mol. The van der Waals surface area contributed by atoms with E-state index < -0.39 is 0 Å². The van der Waals surface area contributed by atoms with E-state index in [4.69, 9.17) is 4.74 Å². The molecule has 0 atom stereocenters. The van der Waals surface area contributed by atoms with Crippen LogP contribution in [0.2, 0.25) is 0 Å². The number of hydrogen-bond acceptors (Lipinski definition) is 1. The third-order valence-corrected chi connectivity index (χ3v) is 0.827. The van der Waals surface area contributed by atoms with E-state index in [0.717, 1.165) is 13.2 Å². The van der Waals surface area contributed by atoms with Crippen LogP contribution < -0.4 is 0 Å². The van der Waals surface area contributed by atoms with Crippen molar-refractivity contribution in [2.45, 2.75) is 12.8 Å². The van der Waals surface area contributed by atoms with Gasteiger partial charge in [0, 0.05) is 13.2 Å². The van der Waals surface area contributed by atoms with Crippen LogP contribution >= 0.6 is 0 Å². The molecule has 0 radical (unpaired) electrons. The Labute approximate surface area is 81.5 Å². The molecular formula is C4H10BaO. The molecule has 0 spiro atoms. The van der Waals surface area contributed by atoms with Crippen LogP contribution in [-0.2, 0) is 4.74 Å². The molecule has 0 unspecified atom stereocenters. The van der Waals surface area contributed by atoms with Gasteiger partial charge in [-0.2, -0.15) is 0 Å². The first kappa shape index (κ1) is 7.53. The summed E-state index contributed by atoms with van der Waals surface area (Å²) >= 11 is 0. The average molecular weight is 211 g/mol. The van der Waals surface area contributed by atoms with Gasteiger partial charge in [0.1, 0.15) is 0 Å². The maximum atomic E-state index is 4.94. The first-order valence-corrected chi connectivity index (χ1v) is 2.08. The summed E-state index contributed by atoms with van der Waals surface area (Å²) in [5.41, 5.74) is 0. The first-order chi connectivity index (χ1) is 2.50. The fourth-order valence-corrected chi connectivity index (χ4v) is 0.510. The summed E-state index contributed by atoms with van der Waals surface area (Å²) in [6, 6.07) is 0.